The summed E-state index contributed by atoms with van der Waals surface area (Å²) in [6.07, 6.45) is 0. The Hall–Kier alpha value is -1.28. The lowest BCUT2D eigenvalue weighted by atomic mass is 10.1. The molecule has 0 unspecified atom stereocenters. The van der Waals surface area contributed by atoms with E-state index in [2.05, 4.69) is 4.18 Å². The van der Waals surface area contributed by atoms with Gasteiger partial charge in [-0.2, -0.15) is 21.6 Å². The summed E-state index contributed by atoms with van der Waals surface area (Å²) in [6, 6.07) is 4.71. The van der Waals surface area contributed by atoms with E-state index in [0.717, 1.165) is 12.1 Å². The highest BCUT2D eigenvalue weighted by molar-refractivity contribution is 7.87. The third-order valence-electron chi connectivity index (χ3n) is 1.90. The number of alkyl halides is 3. The van der Waals surface area contributed by atoms with E-state index in [1.165, 1.54) is 12.1 Å². The van der Waals surface area contributed by atoms with E-state index in [1.54, 1.807) is 6.92 Å². The number of halogens is 3. The Bertz CT molecular complexity index is 479. The summed E-state index contributed by atoms with van der Waals surface area (Å²) < 4.78 is 61.2. The summed E-state index contributed by atoms with van der Waals surface area (Å²) in [5.41, 5.74) is 0.738. The molecule has 0 spiro atoms. The summed E-state index contributed by atoms with van der Waals surface area (Å²) in [7, 11) is -5.62. The van der Waals surface area contributed by atoms with Crippen molar-refractivity contribution in [1.82, 2.24) is 0 Å². The van der Waals surface area contributed by atoms with Crippen LogP contribution in [0.4, 0.5) is 13.2 Å². The lowest BCUT2D eigenvalue weighted by Gasteiger charge is -2.10. The maximum Gasteiger partial charge on any atom is 0.534 e. The van der Waals surface area contributed by atoms with Gasteiger partial charge in [0.05, 0.1) is 0 Å². The molecule has 0 amide bonds. The van der Waals surface area contributed by atoms with Crippen molar-refractivity contribution in [2.45, 2.75) is 18.5 Å². The first-order chi connectivity index (χ1) is 7.63. The number of hydrogen-bond donors (Lipinski definition) is 1. The second kappa shape index (κ2) is 4.53. The third-order valence-corrected chi connectivity index (χ3v) is 2.87. The Kier molecular flexibility index (Phi) is 3.68. The average molecular weight is 269 g/mol. The minimum absolute atomic E-state index is 0.303. The van der Waals surface area contributed by atoms with Crippen molar-refractivity contribution < 1.29 is 25.8 Å². The van der Waals surface area contributed by atoms with Crippen molar-refractivity contribution in [3.8, 4) is 5.75 Å². The maximum atomic E-state index is 12.0. The Balaban J connectivity index is 2.91. The molecule has 0 fully saturated rings. The largest absolute Gasteiger partial charge is 0.534 e. The molecule has 0 saturated heterocycles. The van der Waals surface area contributed by atoms with Crippen LogP contribution in [-0.4, -0.2) is 13.9 Å². The fourth-order valence-electron chi connectivity index (χ4n) is 1.00. The van der Waals surface area contributed by atoms with Crippen LogP contribution in [0.1, 0.15) is 18.5 Å². The molecule has 1 atom stereocenters. The van der Waals surface area contributed by atoms with Gasteiger partial charge in [0, 0.05) is 6.04 Å². The van der Waals surface area contributed by atoms with Gasteiger partial charge in [0.25, 0.3) is 0 Å². The zero-order valence-electron chi connectivity index (χ0n) is 8.73. The smallest absolute Gasteiger partial charge is 0.376 e. The van der Waals surface area contributed by atoms with Crippen molar-refractivity contribution >= 4 is 10.1 Å². The van der Waals surface area contributed by atoms with Gasteiger partial charge >= 0.3 is 15.6 Å². The fraction of sp³-hybridized carbons (Fsp3) is 0.333. The van der Waals surface area contributed by atoms with E-state index >= 15 is 0 Å². The van der Waals surface area contributed by atoms with E-state index in [-0.39, 0.29) is 6.04 Å². The molecular formula is C9H10F3NO3S. The molecule has 0 bridgehead atoms. The molecule has 4 nitrogen and oxygen atoms in total. The molecule has 1 rings (SSSR count). The van der Waals surface area contributed by atoms with Crippen molar-refractivity contribution in [1.29, 1.82) is 0 Å². The van der Waals surface area contributed by atoms with Gasteiger partial charge in [0.1, 0.15) is 5.75 Å². The molecule has 2 N–H and O–H groups in total. The first-order valence-corrected chi connectivity index (χ1v) is 5.90. The standard InChI is InChI=1S/C9H10F3NO3S/c1-6(13)7-2-4-8(5-3-7)16-17(14,15)9(10,11)12/h2-6H,13H2,1H3/t6-/m0/s1. The molecule has 17 heavy (non-hydrogen) atoms. The number of rotatable bonds is 3. The summed E-state index contributed by atoms with van der Waals surface area (Å²) in [5.74, 6) is -0.410. The molecule has 0 radical (unpaired) electrons. The fourth-order valence-corrected chi connectivity index (χ4v) is 1.46. The zero-order valence-corrected chi connectivity index (χ0v) is 9.55. The lowest BCUT2D eigenvalue weighted by Crippen LogP contribution is -2.28. The van der Waals surface area contributed by atoms with Gasteiger partial charge in [-0.05, 0) is 24.6 Å². The summed E-state index contributed by atoms with van der Waals surface area (Å²) in [5, 5.41) is 0. The second-order valence-corrected chi connectivity index (χ2v) is 4.88. The van der Waals surface area contributed by atoms with Crippen LogP contribution in [0.25, 0.3) is 0 Å². The Morgan fingerprint density at radius 1 is 1.24 bits per heavy atom. The number of nitrogens with two attached hydrogens (primary N) is 1. The molecular weight excluding hydrogens is 259 g/mol. The van der Waals surface area contributed by atoms with Gasteiger partial charge in [0.2, 0.25) is 0 Å². The number of hydrogen-bond acceptors (Lipinski definition) is 4. The Morgan fingerprint density at radius 2 is 1.71 bits per heavy atom. The zero-order chi connectivity index (χ0) is 13.3. The molecule has 1 aromatic rings. The van der Waals surface area contributed by atoms with Crippen molar-refractivity contribution in [2.24, 2.45) is 5.73 Å². The van der Waals surface area contributed by atoms with Crippen molar-refractivity contribution in [2.75, 3.05) is 0 Å². The molecule has 0 aliphatic heterocycles. The SMILES string of the molecule is C[C@H](N)c1ccc(OS(=O)(=O)C(F)(F)F)cc1. The van der Waals surface area contributed by atoms with Gasteiger partial charge in [0.15, 0.2) is 0 Å². The minimum atomic E-state index is -5.62. The van der Waals surface area contributed by atoms with Crippen LogP contribution in [0.5, 0.6) is 5.75 Å². The van der Waals surface area contributed by atoms with Crippen molar-refractivity contribution in [3.63, 3.8) is 0 Å². The van der Waals surface area contributed by atoms with Crippen LogP contribution in [0.2, 0.25) is 0 Å². The van der Waals surface area contributed by atoms with Crippen LogP contribution in [0.3, 0.4) is 0 Å². The molecule has 0 aromatic heterocycles. The highest BCUT2D eigenvalue weighted by atomic mass is 32.2. The van der Waals surface area contributed by atoms with E-state index < -0.39 is 21.4 Å². The van der Waals surface area contributed by atoms with Gasteiger partial charge in [-0.25, -0.2) is 0 Å². The highest BCUT2D eigenvalue weighted by Crippen LogP contribution is 2.27. The predicted octanol–water partition coefficient (Wildman–Crippen LogP) is 1.93. The van der Waals surface area contributed by atoms with Gasteiger partial charge < -0.3 is 9.92 Å². The quantitative estimate of drug-likeness (QED) is 0.672. The topological polar surface area (TPSA) is 69.4 Å². The van der Waals surface area contributed by atoms with Crippen LogP contribution in [0.15, 0.2) is 24.3 Å². The van der Waals surface area contributed by atoms with E-state index in [1.807, 2.05) is 0 Å². The second-order valence-electron chi connectivity index (χ2n) is 3.34. The van der Waals surface area contributed by atoms with Crippen LogP contribution >= 0.6 is 0 Å². The Labute approximate surface area is 96.3 Å². The first kappa shape index (κ1) is 13.8. The number of benzene rings is 1. The summed E-state index contributed by atoms with van der Waals surface area (Å²) in [4.78, 5) is 0. The summed E-state index contributed by atoms with van der Waals surface area (Å²) in [6.45, 7) is 1.68. The minimum Gasteiger partial charge on any atom is -0.376 e. The maximum absolute atomic E-state index is 12.0. The summed E-state index contributed by atoms with van der Waals surface area (Å²) >= 11 is 0. The molecule has 1 aromatic carbocycles. The molecule has 0 aliphatic rings. The van der Waals surface area contributed by atoms with Crippen LogP contribution < -0.4 is 9.92 Å². The lowest BCUT2D eigenvalue weighted by molar-refractivity contribution is -0.0500. The van der Waals surface area contributed by atoms with E-state index in [0.29, 0.717) is 5.56 Å². The molecule has 0 saturated carbocycles. The molecule has 0 aliphatic carbocycles. The van der Waals surface area contributed by atoms with E-state index in [9.17, 15) is 21.6 Å². The molecule has 96 valence electrons. The van der Waals surface area contributed by atoms with Gasteiger partial charge in [-0.15, -0.1) is 0 Å². The van der Waals surface area contributed by atoms with Crippen molar-refractivity contribution in [3.05, 3.63) is 29.8 Å². The monoisotopic (exact) mass is 269 g/mol. The molecule has 8 heteroatoms. The van der Waals surface area contributed by atoms with Gasteiger partial charge in [-0.3, -0.25) is 0 Å². The van der Waals surface area contributed by atoms with E-state index in [4.69, 9.17) is 5.73 Å². The first-order valence-electron chi connectivity index (χ1n) is 4.50. The average Bonchev–Trinajstić information content (AvgIpc) is 2.16. The van der Waals surface area contributed by atoms with Gasteiger partial charge in [-0.1, -0.05) is 12.1 Å². The normalized spacial score (nSPS) is 14.4. The molecule has 0 heterocycles. The Morgan fingerprint density at radius 3 is 2.06 bits per heavy atom. The third kappa shape index (κ3) is 3.34. The predicted molar refractivity (Wildman–Crippen MR) is 54.6 cm³/mol. The van der Waals surface area contributed by atoms with Crippen LogP contribution in [0, 0.1) is 0 Å². The van der Waals surface area contributed by atoms with Crippen LogP contribution in [-0.2, 0) is 10.1 Å². The highest BCUT2D eigenvalue weighted by Gasteiger charge is 2.48.